The van der Waals surface area contributed by atoms with Crippen molar-refractivity contribution in [3.05, 3.63) is 12.2 Å². The Balaban J connectivity index is 2.35. The van der Waals surface area contributed by atoms with E-state index in [1.54, 1.807) is 0 Å². The lowest BCUT2D eigenvalue weighted by Gasteiger charge is -2.14. The van der Waals surface area contributed by atoms with Gasteiger partial charge in [0.25, 0.3) is 0 Å². The molecule has 1 saturated heterocycles. The number of nitrogens with zero attached hydrogens (tertiary/aromatic N) is 1. The number of carbonyl (C=O) groups excluding carboxylic acids is 1. The summed E-state index contributed by atoms with van der Waals surface area (Å²) in [6.07, 6.45) is 1.50. The number of rotatable bonds is 4. The molecule has 14 heavy (non-hydrogen) atoms. The molecule has 1 atom stereocenters. The van der Waals surface area contributed by atoms with Crippen LogP contribution in [0.4, 0.5) is 0 Å². The Bertz CT molecular complexity index is 225. The predicted octanol–water partition coefficient (Wildman–Crippen LogP) is 1.45. The highest BCUT2D eigenvalue weighted by molar-refractivity contribution is 5.72. The van der Waals surface area contributed by atoms with Crippen molar-refractivity contribution in [3.63, 3.8) is 0 Å². The lowest BCUT2D eigenvalue weighted by molar-refractivity contribution is -0.139. The van der Waals surface area contributed by atoms with Crippen LogP contribution in [0, 0.1) is 5.92 Å². The van der Waals surface area contributed by atoms with Crippen molar-refractivity contribution in [1.82, 2.24) is 4.90 Å². The van der Waals surface area contributed by atoms with Crippen LogP contribution in [-0.4, -0.2) is 37.6 Å². The molecule has 0 radical (unpaired) electrons. The lowest BCUT2D eigenvalue weighted by Crippen LogP contribution is -2.20. The summed E-state index contributed by atoms with van der Waals surface area (Å²) in [5.74, 6) is 0.305. The van der Waals surface area contributed by atoms with Gasteiger partial charge in [0.2, 0.25) is 0 Å². The molecule has 3 nitrogen and oxygen atoms in total. The Morgan fingerprint density at radius 3 is 2.86 bits per heavy atom. The highest BCUT2D eigenvalue weighted by Gasteiger charge is 2.24. The summed E-state index contributed by atoms with van der Waals surface area (Å²) in [6.45, 7) is 9.38. The zero-order valence-electron chi connectivity index (χ0n) is 9.08. The van der Waals surface area contributed by atoms with E-state index in [0.717, 1.165) is 31.6 Å². The van der Waals surface area contributed by atoms with Gasteiger partial charge in [0.15, 0.2) is 0 Å². The molecule has 3 heteroatoms. The van der Waals surface area contributed by atoms with Crippen LogP contribution in [0.2, 0.25) is 0 Å². The minimum atomic E-state index is -0.176. The maximum Gasteiger partial charge on any atom is 0.309 e. The SMILES string of the molecule is C=C(CC(=O)OC)C1CCN(CC)C1. The van der Waals surface area contributed by atoms with Crippen molar-refractivity contribution < 1.29 is 9.53 Å². The summed E-state index contributed by atoms with van der Waals surface area (Å²) >= 11 is 0. The molecule has 1 aliphatic heterocycles. The van der Waals surface area contributed by atoms with Gasteiger partial charge in [0.1, 0.15) is 0 Å². The first-order chi connectivity index (χ1) is 6.67. The van der Waals surface area contributed by atoms with Crippen molar-refractivity contribution in [1.29, 1.82) is 0 Å². The molecule has 1 aliphatic rings. The molecule has 1 rings (SSSR count). The van der Waals surface area contributed by atoms with Crippen LogP contribution in [0.1, 0.15) is 19.8 Å². The van der Waals surface area contributed by atoms with Crippen LogP contribution < -0.4 is 0 Å². The van der Waals surface area contributed by atoms with Crippen LogP contribution >= 0.6 is 0 Å². The fraction of sp³-hybridized carbons (Fsp3) is 0.727. The Kier molecular flexibility index (Phi) is 4.14. The quantitative estimate of drug-likeness (QED) is 0.504. The molecule has 0 amide bonds. The molecule has 1 heterocycles. The molecule has 0 aliphatic carbocycles. The monoisotopic (exact) mass is 197 g/mol. The summed E-state index contributed by atoms with van der Waals surface area (Å²) < 4.78 is 4.62. The van der Waals surface area contributed by atoms with Crippen molar-refractivity contribution in [3.8, 4) is 0 Å². The Labute approximate surface area is 85.7 Å². The van der Waals surface area contributed by atoms with Crippen LogP contribution in [0.15, 0.2) is 12.2 Å². The summed E-state index contributed by atoms with van der Waals surface area (Å²) in [5, 5.41) is 0. The Morgan fingerprint density at radius 2 is 2.36 bits per heavy atom. The summed E-state index contributed by atoms with van der Waals surface area (Å²) in [6, 6.07) is 0. The second-order valence-corrected chi connectivity index (χ2v) is 3.79. The first kappa shape index (κ1) is 11.2. The predicted molar refractivity (Wildman–Crippen MR) is 56.0 cm³/mol. The topological polar surface area (TPSA) is 29.5 Å². The number of methoxy groups -OCH3 is 1. The number of hydrogen-bond acceptors (Lipinski definition) is 3. The van der Waals surface area contributed by atoms with Gasteiger partial charge in [-0.15, -0.1) is 0 Å². The second kappa shape index (κ2) is 5.15. The molecule has 0 saturated carbocycles. The fourth-order valence-electron chi connectivity index (χ4n) is 1.85. The second-order valence-electron chi connectivity index (χ2n) is 3.79. The molecule has 0 aromatic rings. The van der Waals surface area contributed by atoms with Crippen LogP contribution in [-0.2, 0) is 9.53 Å². The minimum absolute atomic E-state index is 0.176. The molecule has 0 N–H and O–H groups in total. The number of carbonyl (C=O) groups is 1. The zero-order valence-corrected chi connectivity index (χ0v) is 9.08. The van der Waals surface area contributed by atoms with E-state index in [1.807, 2.05) is 0 Å². The van der Waals surface area contributed by atoms with Gasteiger partial charge in [-0.25, -0.2) is 0 Å². The van der Waals surface area contributed by atoms with E-state index >= 15 is 0 Å². The van der Waals surface area contributed by atoms with Crippen LogP contribution in [0.5, 0.6) is 0 Å². The number of hydrogen-bond donors (Lipinski definition) is 0. The third-order valence-electron chi connectivity index (χ3n) is 2.90. The first-order valence-corrected chi connectivity index (χ1v) is 5.14. The zero-order chi connectivity index (χ0) is 10.6. The van der Waals surface area contributed by atoms with Gasteiger partial charge in [-0.1, -0.05) is 19.1 Å². The van der Waals surface area contributed by atoms with Crippen LogP contribution in [0.3, 0.4) is 0 Å². The van der Waals surface area contributed by atoms with Crippen molar-refractivity contribution >= 4 is 5.97 Å². The van der Waals surface area contributed by atoms with Crippen molar-refractivity contribution in [2.75, 3.05) is 26.7 Å². The van der Waals surface area contributed by atoms with Gasteiger partial charge in [-0.2, -0.15) is 0 Å². The average Bonchev–Trinajstić information content (AvgIpc) is 2.65. The molecular weight excluding hydrogens is 178 g/mol. The maximum absolute atomic E-state index is 11.0. The lowest BCUT2D eigenvalue weighted by atomic mass is 9.97. The highest BCUT2D eigenvalue weighted by Crippen LogP contribution is 2.24. The third kappa shape index (κ3) is 2.84. The third-order valence-corrected chi connectivity index (χ3v) is 2.90. The van der Waals surface area contributed by atoms with E-state index in [4.69, 9.17) is 0 Å². The van der Waals surface area contributed by atoms with Gasteiger partial charge >= 0.3 is 5.97 Å². The van der Waals surface area contributed by atoms with Gasteiger partial charge in [0, 0.05) is 6.54 Å². The van der Waals surface area contributed by atoms with E-state index < -0.39 is 0 Å². The molecule has 0 aromatic carbocycles. The Hall–Kier alpha value is -0.830. The van der Waals surface area contributed by atoms with E-state index in [-0.39, 0.29) is 5.97 Å². The normalized spacial score (nSPS) is 22.3. The number of esters is 1. The summed E-state index contributed by atoms with van der Waals surface area (Å²) in [4.78, 5) is 13.4. The number of ether oxygens (including phenoxy) is 1. The molecule has 0 spiro atoms. The highest BCUT2D eigenvalue weighted by atomic mass is 16.5. The van der Waals surface area contributed by atoms with E-state index in [9.17, 15) is 4.79 Å². The van der Waals surface area contributed by atoms with Crippen LogP contribution in [0.25, 0.3) is 0 Å². The molecule has 1 fully saturated rings. The largest absolute Gasteiger partial charge is 0.469 e. The Morgan fingerprint density at radius 1 is 1.64 bits per heavy atom. The van der Waals surface area contributed by atoms with E-state index in [1.165, 1.54) is 7.11 Å². The van der Waals surface area contributed by atoms with E-state index in [0.29, 0.717) is 12.3 Å². The number of likely N-dealkylation sites (tertiary alicyclic amines) is 1. The molecule has 80 valence electrons. The standard InChI is InChI=1S/C11H19NO2/c1-4-12-6-5-10(8-12)9(2)7-11(13)14-3/h10H,2,4-8H2,1,3H3. The van der Waals surface area contributed by atoms with Gasteiger partial charge < -0.3 is 9.64 Å². The van der Waals surface area contributed by atoms with E-state index in [2.05, 4.69) is 23.1 Å². The van der Waals surface area contributed by atoms with Gasteiger partial charge in [0.05, 0.1) is 13.5 Å². The van der Waals surface area contributed by atoms with Gasteiger partial charge in [-0.3, -0.25) is 4.79 Å². The summed E-state index contributed by atoms with van der Waals surface area (Å²) in [5.41, 5.74) is 1.02. The molecular formula is C11H19NO2. The van der Waals surface area contributed by atoms with Crippen molar-refractivity contribution in [2.45, 2.75) is 19.8 Å². The van der Waals surface area contributed by atoms with Crippen molar-refractivity contribution in [2.24, 2.45) is 5.92 Å². The van der Waals surface area contributed by atoms with Gasteiger partial charge in [-0.05, 0) is 25.4 Å². The molecule has 1 unspecified atom stereocenters. The first-order valence-electron chi connectivity index (χ1n) is 5.14. The summed E-state index contributed by atoms with van der Waals surface area (Å²) in [7, 11) is 1.42. The minimum Gasteiger partial charge on any atom is -0.469 e. The average molecular weight is 197 g/mol. The maximum atomic E-state index is 11.0. The molecule has 0 aromatic heterocycles. The smallest absolute Gasteiger partial charge is 0.309 e. The fourth-order valence-corrected chi connectivity index (χ4v) is 1.85. The molecule has 0 bridgehead atoms.